The molecule has 0 spiro atoms. The van der Waals surface area contributed by atoms with Crippen molar-refractivity contribution in [2.75, 3.05) is 40.7 Å². The summed E-state index contributed by atoms with van der Waals surface area (Å²) in [4.78, 5) is 56.3. The lowest BCUT2D eigenvalue weighted by Gasteiger charge is -2.37. The number of ether oxygens (including phenoxy) is 4. The molecule has 296 valence electrons. The molecule has 0 bridgehead atoms. The van der Waals surface area contributed by atoms with Gasteiger partial charge in [0.1, 0.15) is 19.0 Å². The summed E-state index contributed by atoms with van der Waals surface area (Å²) in [6.07, 6.45) is 23.3. The number of carbonyl (C=O) groups excluding carboxylic acids is 4. The molecule has 54 heavy (non-hydrogen) atoms. The van der Waals surface area contributed by atoms with Gasteiger partial charge in [-0.25, -0.2) is 4.98 Å². The normalized spacial score (nSPS) is 18.7. The van der Waals surface area contributed by atoms with Gasteiger partial charge in [-0.15, -0.1) is 0 Å². The van der Waals surface area contributed by atoms with Gasteiger partial charge in [-0.3, -0.25) is 19.2 Å². The second-order valence-electron chi connectivity index (χ2n) is 13.1. The Labute approximate surface area is 318 Å². The molecule has 14 heteroatoms. The summed E-state index contributed by atoms with van der Waals surface area (Å²) >= 11 is 0. The maximum Gasteiger partial charge on any atom is 0.305 e. The molecule has 14 nitrogen and oxygen atoms in total. The molecular weight excluding hydrogens is 696 g/mol. The van der Waals surface area contributed by atoms with Crippen LogP contribution in [0.2, 0.25) is 0 Å². The number of hydrogen-bond donors (Lipinski definition) is 3. The van der Waals surface area contributed by atoms with E-state index < -0.39 is 47.2 Å². The van der Waals surface area contributed by atoms with Gasteiger partial charge >= 0.3 is 5.97 Å². The number of amides is 3. The van der Waals surface area contributed by atoms with Crippen molar-refractivity contribution in [3.05, 3.63) is 102 Å². The summed E-state index contributed by atoms with van der Waals surface area (Å²) in [7, 11) is 3.00. The third-order valence-electron chi connectivity index (χ3n) is 8.53. The highest BCUT2D eigenvalue weighted by molar-refractivity contribution is 5.95. The number of oxazole rings is 1. The summed E-state index contributed by atoms with van der Waals surface area (Å²) in [5.74, 6) is -0.471. The van der Waals surface area contributed by atoms with Crippen molar-refractivity contribution in [1.82, 2.24) is 20.5 Å². The first-order valence-electron chi connectivity index (χ1n) is 17.7. The van der Waals surface area contributed by atoms with E-state index in [1.54, 1.807) is 96.3 Å². The molecule has 0 aromatic carbocycles. The molecule has 4 atom stereocenters. The van der Waals surface area contributed by atoms with E-state index in [2.05, 4.69) is 15.6 Å². The highest BCUT2D eigenvalue weighted by Crippen LogP contribution is 2.26. The van der Waals surface area contributed by atoms with Gasteiger partial charge in [0, 0.05) is 46.5 Å². The number of nitrogens with one attached hydrogen (secondary N) is 2. The average Bonchev–Trinajstić information content (AvgIpc) is 3.81. The van der Waals surface area contributed by atoms with Crippen molar-refractivity contribution < 1.29 is 47.6 Å². The van der Waals surface area contributed by atoms with Crippen LogP contribution in [0.1, 0.15) is 52.7 Å². The molecule has 1 aliphatic rings. The van der Waals surface area contributed by atoms with E-state index in [0.29, 0.717) is 17.9 Å². The van der Waals surface area contributed by atoms with E-state index in [9.17, 15) is 24.3 Å². The Morgan fingerprint density at radius 3 is 2.37 bits per heavy atom. The fourth-order valence-electron chi connectivity index (χ4n) is 5.04. The molecule has 1 fully saturated rings. The van der Waals surface area contributed by atoms with Gasteiger partial charge in [-0.1, -0.05) is 79.8 Å². The minimum atomic E-state index is -1.77. The van der Waals surface area contributed by atoms with Crippen molar-refractivity contribution in [3.8, 4) is 0 Å². The number of aliphatic hydroxyl groups excluding tert-OH is 1. The van der Waals surface area contributed by atoms with Crippen LogP contribution in [0.25, 0.3) is 0 Å². The Kier molecular flexibility index (Phi) is 19.3. The molecule has 1 aromatic heterocycles. The quantitative estimate of drug-likeness (QED) is 0.0941. The standard InChI is InChI=1S/C40H56N4O10/c1-9-35(46)52-26-33(30(3)50-8)44(7)38(49)40(27-51-28-53-40)43-34(45)23-19-13-11-10-12-16-20-24-41-37(48)39(5,6)36(47)29(2)21-17-14-15-18-22-32-25-42-31(4)54-32/h10-21,23,25,30,33,36,47H,9,22,24,26-28H2,1-8H3,(H,41,48)(H,43,45)/b12-10+,13-11+,17-14-,18-15+,20-16-,23-19+,29-21-. The molecule has 0 radical (unpaired) electrons. The Morgan fingerprint density at radius 1 is 1.07 bits per heavy atom. The van der Waals surface area contributed by atoms with Crippen molar-refractivity contribution in [2.24, 2.45) is 5.41 Å². The third-order valence-corrected chi connectivity index (χ3v) is 8.53. The Bertz CT molecular complexity index is 1590. The maximum absolute atomic E-state index is 13.6. The number of esters is 1. The van der Waals surface area contributed by atoms with Gasteiger partial charge in [0.15, 0.2) is 12.7 Å². The highest BCUT2D eigenvalue weighted by Gasteiger charge is 2.48. The molecule has 1 saturated heterocycles. The van der Waals surface area contributed by atoms with Crippen LogP contribution in [-0.4, -0.2) is 103 Å². The minimum absolute atomic E-state index is 0.0955. The zero-order valence-electron chi connectivity index (χ0n) is 32.6. The first kappa shape index (κ1) is 45.3. The molecule has 1 aliphatic heterocycles. The molecule has 3 N–H and O–H groups in total. The fraction of sp³-hybridized carbons (Fsp3) is 0.475. The Balaban J connectivity index is 1.82. The number of allylic oxidation sites excluding steroid dienone is 11. The lowest BCUT2D eigenvalue weighted by atomic mass is 9.81. The fourth-order valence-corrected chi connectivity index (χ4v) is 5.04. The van der Waals surface area contributed by atoms with Gasteiger partial charge < -0.3 is 44.0 Å². The molecule has 2 rings (SSSR count). The zero-order valence-corrected chi connectivity index (χ0v) is 32.6. The monoisotopic (exact) mass is 752 g/mol. The summed E-state index contributed by atoms with van der Waals surface area (Å²) in [5.41, 5.74) is -2.18. The number of aryl methyl sites for hydroxylation is 1. The first-order chi connectivity index (χ1) is 25.7. The maximum atomic E-state index is 13.6. The second-order valence-corrected chi connectivity index (χ2v) is 13.1. The van der Waals surface area contributed by atoms with Gasteiger partial charge in [0.05, 0.1) is 29.9 Å². The van der Waals surface area contributed by atoms with Crippen molar-refractivity contribution in [3.63, 3.8) is 0 Å². The lowest BCUT2D eigenvalue weighted by Crippen LogP contribution is -2.63. The van der Waals surface area contributed by atoms with E-state index in [1.165, 1.54) is 31.2 Å². The van der Waals surface area contributed by atoms with E-state index in [0.717, 1.165) is 5.76 Å². The smallest absolute Gasteiger partial charge is 0.305 e. The van der Waals surface area contributed by atoms with Crippen LogP contribution < -0.4 is 10.6 Å². The number of methoxy groups -OCH3 is 1. The summed E-state index contributed by atoms with van der Waals surface area (Å²) < 4.78 is 27.0. The number of rotatable bonds is 21. The van der Waals surface area contributed by atoms with Crippen LogP contribution in [-0.2, 0) is 44.5 Å². The molecule has 0 saturated carbocycles. The molecule has 1 aromatic rings. The number of carbonyl (C=O) groups is 4. The number of aliphatic hydroxyl groups is 1. The number of hydrogen-bond acceptors (Lipinski definition) is 11. The van der Waals surface area contributed by atoms with E-state index in [1.807, 2.05) is 18.2 Å². The largest absolute Gasteiger partial charge is 0.463 e. The van der Waals surface area contributed by atoms with Gasteiger partial charge in [0.2, 0.25) is 17.5 Å². The molecule has 0 aliphatic carbocycles. The van der Waals surface area contributed by atoms with Crippen LogP contribution in [0.5, 0.6) is 0 Å². The van der Waals surface area contributed by atoms with Gasteiger partial charge in [-0.2, -0.15) is 0 Å². The zero-order chi connectivity index (χ0) is 40.1. The number of likely N-dealkylation sites (N-methyl/N-ethyl adjacent to an activating group) is 1. The van der Waals surface area contributed by atoms with E-state index >= 15 is 0 Å². The van der Waals surface area contributed by atoms with Crippen LogP contribution >= 0.6 is 0 Å². The number of aromatic nitrogens is 1. The van der Waals surface area contributed by atoms with Crippen LogP contribution in [0, 0.1) is 12.3 Å². The Hall–Kier alpha value is -4.89. The van der Waals surface area contributed by atoms with Gasteiger partial charge in [0.25, 0.3) is 5.91 Å². The highest BCUT2D eigenvalue weighted by atomic mass is 16.7. The topological polar surface area (TPSA) is 179 Å². The molecule has 3 amide bonds. The minimum Gasteiger partial charge on any atom is -0.463 e. The molecule has 2 heterocycles. The van der Waals surface area contributed by atoms with Crippen LogP contribution in [0.15, 0.2) is 95.2 Å². The van der Waals surface area contributed by atoms with Crippen molar-refractivity contribution >= 4 is 23.7 Å². The molecular formula is C40H56N4O10. The second kappa shape index (κ2) is 23.0. The molecule has 4 unspecified atom stereocenters. The first-order valence-corrected chi connectivity index (χ1v) is 17.7. The summed E-state index contributed by atoms with van der Waals surface area (Å²) in [6, 6.07) is -0.646. The summed E-state index contributed by atoms with van der Waals surface area (Å²) in [6.45, 7) is 10.1. The predicted octanol–water partition coefficient (Wildman–Crippen LogP) is 3.94. The lowest BCUT2D eigenvalue weighted by molar-refractivity contribution is -0.165. The van der Waals surface area contributed by atoms with E-state index in [-0.39, 0.29) is 38.9 Å². The SMILES string of the molecule is CCC(=O)OCC(C(C)OC)N(C)C(=O)C1(NC(=O)/C=C/C=C/C=C/C=C\CNC(=O)C(C)(C)C(O)\C(C)=C/C=C\C=C\Cc2cnc(C)o2)COCO1. The van der Waals surface area contributed by atoms with Crippen LogP contribution in [0.3, 0.4) is 0 Å². The van der Waals surface area contributed by atoms with Crippen molar-refractivity contribution in [1.29, 1.82) is 0 Å². The summed E-state index contributed by atoms with van der Waals surface area (Å²) in [5, 5.41) is 16.3. The predicted molar refractivity (Wildman–Crippen MR) is 203 cm³/mol. The average molecular weight is 753 g/mol. The van der Waals surface area contributed by atoms with E-state index in [4.69, 9.17) is 23.4 Å². The van der Waals surface area contributed by atoms with Crippen molar-refractivity contribution in [2.45, 2.75) is 78.4 Å². The number of nitrogens with zero attached hydrogens (tertiary/aromatic N) is 2. The van der Waals surface area contributed by atoms with Crippen LogP contribution in [0.4, 0.5) is 0 Å². The Morgan fingerprint density at radius 2 is 1.74 bits per heavy atom. The third kappa shape index (κ3) is 14.5. The van der Waals surface area contributed by atoms with Gasteiger partial charge in [-0.05, 0) is 33.3 Å².